The lowest BCUT2D eigenvalue weighted by atomic mass is 10.1. The molecule has 1 aliphatic rings. The van der Waals surface area contributed by atoms with Crippen LogP contribution in [0.1, 0.15) is 34.5 Å². The molecule has 6 nitrogen and oxygen atoms in total. The number of pyridine rings is 1. The van der Waals surface area contributed by atoms with Crippen LogP contribution in [-0.2, 0) is 9.59 Å². The first-order chi connectivity index (χ1) is 9.90. The number of aryl methyl sites for hydroxylation is 2. The summed E-state index contributed by atoms with van der Waals surface area (Å²) >= 11 is 1.26. The van der Waals surface area contributed by atoms with E-state index < -0.39 is 5.97 Å². The van der Waals surface area contributed by atoms with Crippen LogP contribution in [0.25, 0.3) is 0 Å². The van der Waals surface area contributed by atoms with Crippen LogP contribution in [0.4, 0.5) is 0 Å². The van der Waals surface area contributed by atoms with E-state index in [-0.39, 0.29) is 36.8 Å². The maximum Gasteiger partial charge on any atom is 0.338 e. The molecule has 0 spiro atoms. The zero-order valence-corrected chi connectivity index (χ0v) is 12.7. The molecule has 21 heavy (non-hydrogen) atoms. The van der Waals surface area contributed by atoms with Gasteiger partial charge in [-0.25, -0.2) is 9.78 Å². The van der Waals surface area contributed by atoms with Crippen molar-refractivity contribution in [1.82, 2.24) is 9.88 Å². The van der Waals surface area contributed by atoms with Crippen LogP contribution in [0.15, 0.2) is 11.1 Å². The molecule has 2 rings (SSSR count). The SMILES string of the molecule is Cc1cc(C)c(C(=O)O)c(SCCN2C(=O)CCC2=O)n1. The molecule has 1 N–H and O–H groups in total. The van der Waals surface area contributed by atoms with Crippen molar-refractivity contribution in [2.45, 2.75) is 31.7 Å². The molecule has 0 atom stereocenters. The molecule has 1 aromatic heterocycles. The number of likely N-dealkylation sites (tertiary alicyclic amines) is 1. The van der Waals surface area contributed by atoms with E-state index in [9.17, 15) is 19.5 Å². The van der Waals surface area contributed by atoms with Gasteiger partial charge >= 0.3 is 5.97 Å². The minimum absolute atomic E-state index is 0.160. The van der Waals surface area contributed by atoms with Gasteiger partial charge in [0.2, 0.25) is 11.8 Å². The van der Waals surface area contributed by atoms with Gasteiger partial charge in [0.25, 0.3) is 0 Å². The average molecular weight is 308 g/mol. The largest absolute Gasteiger partial charge is 0.478 e. The smallest absolute Gasteiger partial charge is 0.338 e. The zero-order valence-electron chi connectivity index (χ0n) is 11.9. The standard InChI is InChI=1S/C14H16N2O4S/c1-8-7-9(2)15-13(12(8)14(19)20)21-6-5-16-10(17)3-4-11(16)18/h7H,3-6H2,1-2H3,(H,19,20). The molecule has 7 heteroatoms. The number of hydrogen-bond acceptors (Lipinski definition) is 5. The number of thioether (sulfide) groups is 1. The molecule has 1 aromatic rings. The van der Waals surface area contributed by atoms with Crippen LogP contribution in [-0.4, -0.2) is 45.1 Å². The van der Waals surface area contributed by atoms with Crippen molar-refractivity contribution in [2.24, 2.45) is 0 Å². The monoisotopic (exact) mass is 308 g/mol. The Balaban J connectivity index is 2.08. The van der Waals surface area contributed by atoms with E-state index in [0.29, 0.717) is 16.3 Å². The van der Waals surface area contributed by atoms with E-state index in [1.165, 1.54) is 16.7 Å². The van der Waals surface area contributed by atoms with Gasteiger partial charge in [0, 0.05) is 30.8 Å². The van der Waals surface area contributed by atoms with Gasteiger partial charge in [-0.2, -0.15) is 0 Å². The van der Waals surface area contributed by atoms with Crippen LogP contribution in [0.5, 0.6) is 0 Å². The third-order valence-corrected chi connectivity index (χ3v) is 4.19. The highest BCUT2D eigenvalue weighted by molar-refractivity contribution is 7.99. The molecule has 1 aliphatic heterocycles. The van der Waals surface area contributed by atoms with E-state index in [1.807, 2.05) is 0 Å². The Morgan fingerprint density at radius 3 is 2.52 bits per heavy atom. The van der Waals surface area contributed by atoms with Crippen LogP contribution in [0.3, 0.4) is 0 Å². The molecule has 0 aromatic carbocycles. The van der Waals surface area contributed by atoms with Crippen molar-refractivity contribution in [3.8, 4) is 0 Å². The first-order valence-corrected chi connectivity index (χ1v) is 7.56. The Morgan fingerprint density at radius 2 is 1.95 bits per heavy atom. The molecule has 0 bridgehead atoms. The molecule has 0 aliphatic carbocycles. The second-order valence-electron chi connectivity index (χ2n) is 4.85. The number of nitrogens with zero attached hydrogens (tertiary/aromatic N) is 2. The highest BCUT2D eigenvalue weighted by Crippen LogP contribution is 2.25. The van der Waals surface area contributed by atoms with Crippen molar-refractivity contribution in [3.63, 3.8) is 0 Å². The summed E-state index contributed by atoms with van der Waals surface area (Å²) in [6.45, 7) is 3.82. The number of amides is 2. The fourth-order valence-corrected chi connectivity index (χ4v) is 3.34. The summed E-state index contributed by atoms with van der Waals surface area (Å²) in [5.41, 5.74) is 1.59. The lowest BCUT2D eigenvalue weighted by Gasteiger charge is -2.14. The zero-order chi connectivity index (χ0) is 15.6. The number of aromatic nitrogens is 1. The summed E-state index contributed by atoms with van der Waals surface area (Å²) in [7, 11) is 0. The predicted octanol–water partition coefficient (Wildman–Crippen LogP) is 1.64. The van der Waals surface area contributed by atoms with Gasteiger partial charge in [0.1, 0.15) is 5.03 Å². The van der Waals surface area contributed by atoms with Crippen molar-refractivity contribution in [2.75, 3.05) is 12.3 Å². The highest BCUT2D eigenvalue weighted by atomic mass is 32.2. The number of aromatic carboxylic acids is 1. The summed E-state index contributed by atoms with van der Waals surface area (Å²) < 4.78 is 0. The minimum atomic E-state index is -1.02. The van der Waals surface area contributed by atoms with Gasteiger partial charge in [0.05, 0.1) is 5.56 Å². The number of carboxylic acid groups (broad SMARTS) is 1. The van der Waals surface area contributed by atoms with Crippen LogP contribution in [0, 0.1) is 13.8 Å². The fraction of sp³-hybridized carbons (Fsp3) is 0.429. The van der Waals surface area contributed by atoms with E-state index in [4.69, 9.17) is 0 Å². The summed E-state index contributed by atoms with van der Waals surface area (Å²) in [5, 5.41) is 9.69. The molecule has 0 saturated carbocycles. The summed E-state index contributed by atoms with van der Waals surface area (Å²) in [4.78, 5) is 39.8. The Labute approximate surface area is 126 Å². The lowest BCUT2D eigenvalue weighted by molar-refractivity contribution is -0.137. The van der Waals surface area contributed by atoms with Crippen LogP contribution < -0.4 is 0 Å². The van der Waals surface area contributed by atoms with Gasteiger partial charge < -0.3 is 5.11 Å². The molecule has 0 unspecified atom stereocenters. The molecular formula is C14H16N2O4S. The van der Waals surface area contributed by atoms with Gasteiger partial charge in [-0.1, -0.05) is 0 Å². The quantitative estimate of drug-likeness (QED) is 0.657. The van der Waals surface area contributed by atoms with Crippen LogP contribution >= 0.6 is 11.8 Å². The number of rotatable bonds is 5. The summed E-state index contributed by atoms with van der Waals surface area (Å²) in [6, 6.07) is 1.72. The van der Waals surface area contributed by atoms with E-state index in [0.717, 1.165) is 5.69 Å². The number of carboxylic acids is 1. The highest BCUT2D eigenvalue weighted by Gasteiger charge is 2.28. The van der Waals surface area contributed by atoms with Gasteiger partial charge in [-0.05, 0) is 25.5 Å². The maximum absolute atomic E-state index is 11.5. The number of carbonyl (C=O) groups is 3. The average Bonchev–Trinajstić information content (AvgIpc) is 2.69. The number of carbonyl (C=O) groups excluding carboxylic acids is 2. The van der Waals surface area contributed by atoms with Crippen molar-refractivity contribution >= 4 is 29.5 Å². The summed E-state index contributed by atoms with van der Waals surface area (Å²) in [6.07, 6.45) is 0.539. The molecule has 2 amide bonds. The van der Waals surface area contributed by atoms with E-state index in [2.05, 4.69) is 4.98 Å². The predicted molar refractivity (Wildman–Crippen MR) is 77.3 cm³/mol. The molecule has 1 fully saturated rings. The second-order valence-corrected chi connectivity index (χ2v) is 5.94. The Morgan fingerprint density at radius 1 is 1.33 bits per heavy atom. The van der Waals surface area contributed by atoms with E-state index >= 15 is 0 Å². The lowest BCUT2D eigenvalue weighted by Crippen LogP contribution is -2.31. The molecule has 0 radical (unpaired) electrons. The number of imide groups is 1. The normalized spacial score (nSPS) is 14.9. The maximum atomic E-state index is 11.5. The third-order valence-electron chi connectivity index (χ3n) is 3.23. The molecule has 1 saturated heterocycles. The molecule has 2 heterocycles. The Bertz CT molecular complexity index is 599. The van der Waals surface area contributed by atoms with Gasteiger partial charge in [-0.15, -0.1) is 11.8 Å². The first kappa shape index (κ1) is 15.5. The van der Waals surface area contributed by atoms with Crippen molar-refractivity contribution in [1.29, 1.82) is 0 Å². The van der Waals surface area contributed by atoms with Crippen molar-refractivity contribution in [3.05, 3.63) is 22.9 Å². The van der Waals surface area contributed by atoms with Gasteiger partial charge in [-0.3, -0.25) is 14.5 Å². The minimum Gasteiger partial charge on any atom is -0.478 e. The second kappa shape index (κ2) is 6.26. The van der Waals surface area contributed by atoms with Crippen LogP contribution in [0.2, 0.25) is 0 Å². The molecular weight excluding hydrogens is 292 g/mol. The molecule has 112 valence electrons. The van der Waals surface area contributed by atoms with E-state index in [1.54, 1.807) is 19.9 Å². The fourth-order valence-electron chi connectivity index (χ4n) is 2.27. The van der Waals surface area contributed by atoms with Crippen molar-refractivity contribution < 1.29 is 19.5 Å². The van der Waals surface area contributed by atoms with Gasteiger partial charge in [0.15, 0.2) is 0 Å². The Hall–Kier alpha value is -1.89. The number of hydrogen-bond donors (Lipinski definition) is 1. The summed E-state index contributed by atoms with van der Waals surface area (Å²) in [5.74, 6) is -0.899. The third kappa shape index (κ3) is 3.41. The first-order valence-electron chi connectivity index (χ1n) is 6.57. The topological polar surface area (TPSA) is 87.6 Å². The Kier molecular flexibility index (Phi) is 4.62.